The normalized spacial score (nSPS) is 12.7. The summed E-state index contributed by atoms with van der Waals surface area (Å²) >= 11 is 0. The first-order chi connectivity index (χ1) is 36.5. The maximum absolute atomic E-state index is 12.9. The molecule has 0 aromatic heterocycles. The molecule has 74 heavy (non-hydrogen) atoms. The fraction of sp³-hybridized carbons (Fsp3) is 0.721. The van der Waals surface area contributed by atoms with Gasteiger partial charge in [0.15, 0.2) is 6.10 Å². The van der Waals surface area contributed by atoms with Gasteiger partial charge >= 0.3 is 17.9 Å². The molecule has 424 valence electrons. The van der Waals surface area contributed by atoms with Crippen molar-refractivity contribution in [2.24, 2.45) is 0 Å². The number of allylic oxidation sites excluding steroid dienone is 16. The smallest absolute Gasteiger partial charge is 0.306 e. The number of ether oxygens (including phenoxy) is 3. The largest absolute Gasteiger partial charge is 0.462 e. The zero-order valence-corrected chi connectivity index (χ0v) is 48.6. The Hall–Kier alpha value is -3.67. The summed E-state index contributed by atoms with van der Waals surface area (Å²) in [6, 6.07) is 0. The molecule has 0 N–H and O–H groups in total. The molecule has 0 spiro atoms. The molecule has 0 heterocycles. The molecular formula is C68H116O6. The van der Waals surface area contributed by atoms with E-state index in [1.807, 2.05) is 0 Å². The van der Waals surface area contributed by atoms with Gasteiger partial charge in [0.1, 0.15) is 13.2 Å². The SMILES string of the molecule is CC/C=C\C/C=C\C/C=C\C/C=C\C/C=C\C/C=C\CCCCCCCCCCCCC(=O)OCC(COC(=O)CCCCCCC/C=C\CCC)OC(=O)CCCCCCCCC/C=C\CCCCCCCC. The van der Waals surface area contributed by atoms with Crippen LogP contribution in [0.4, 0.5) is 0 Å². The molecule has 0 saturated carbocycles. The zero-order valence-electron chi connectivity index (χ0n) is 48.6. The predicted molar refractivity (Wildman–Crippen MR) is 320 cm³/mol. The van der Waals surface area contributed by atoms with Crippen molar-refractivity contribution in [3.8, 4) is 0 Å². The summed E-state index contributed by atoms with van der Waals surface area (Å²) in [7, 11) is 0. The lowest BCUT2D eigenvalue weighted by atomic mass is 10.1. The van der Waals surface area contributed by atoms with E-state index in [9.17, 15) is 14.4 Å². The van der Waals surface area contributed by atoms with E-state index in [0.29, 0.717) is 19.3 Å². The van der Waals surface area contributed by atoms with Gasteiger partial charge in [-0.15, -0.1) is 0 Å². The molecule has 0 fully saturated rings. The van der Waals surface area contributed by atoms with Crippen LogP contribution < -0.4 is 0 Å². The van der Waals surface area contributed by atoms with Crippen molar-refractivity contribution >= 4 is 17.9 Å². The molecule has 0 aliphatic carbocycles. The van der Waals surface area contributed by atoms with Gasteiger partial charge in [0.25, 0.3) is 0 Å². The third-order valence-corrected chi connectivity index (χ3v) is 13.3. The van der Waals surface area contributed by atoms with Crippen molar-refractivity contribution in [1.29, 1.82) is 0 Å². The van der Waals surface area contributed by atoms with Crippen LogP contribution in [0.15, 0.2) is 97.2 Å². The highest BCUT2D eigenvalue weighted by Crippen LogP contribution is 2.16. The summed E-state index contributed by atoms with van der Waals surface area (Å²) in [4.78, 5) is 38.2. The minimum absolute atomic E-state index is 0.0832. The Balaban J connectivity index is 4.23. The minimum Gasteiger partial charge on any atom is -0.462 e. The highest BCUT2D eigenvalue weighted by atomic mass is 16.6. The van der Waals surface area contributed by atoms with E-state index in [-0.39, 0.29) is 31.1 Å². The summed E-state index contributed by atoms with van der Waals surface area (Å²) in [5.41, 5.74) is 0. The Kier molecular flexibility index (Phi) is 58.8. The van der Waals surface area contributed by atoms with Crippen LogP contribution >= 0.6 is 0 Å². The molecule has 0 aliphatic heterocycles. The topological polar surface area (TPSA) is 78.9 Å². The number of hydrogen-bond acceptors (Lipinski definition) is 6. The van der Waals surface area contributed by atoms with Gasteiger partial charge < -0.3 is 14.2 Å². The lowest BCUT2D eigenvalue weighted by Crippen LogP contribution is -2.30. The second-order valence-corrected chi connectivity index (χ2v) is 20.6. The van der Waals surface area contributed by atoms with Crippen LogP contribution in [-0.2, 0) is 28.6 Å². The van der Waals surface area contributed by atoms with Crippen LogP contribution in [0.2, 0.25) is 0 Å². The van der Waals surface area contributed by atoms with Crippen molar-refractivity contribution in [2.45, 2.75) is 303 Å². The maximum atomic E-state index is 12.9. The Labute approximate surface area is 457 Å². The van der Waals surface area contributed by atoms with Crippen LogP contribution in [0.1, 0.15) is 297 Å². The van der Waals surface area contributed by atoms with Crippen molar-refractivity contribution in [2.75, 3.05) is 13.2 Å². The molecule has 1 unspecified atom stereocenters. The highest BCUT2D eigenvalue weighted by molar-refractivity contribution is 5.71. The summed E-state index contributed by atoms with van der Waals surface area (Å²) in [5, 5.41) is 0. The van der Waals surface area contributed by atoms with Gasteiger partial charge in [0, 0.05) is 19.3 Å². The summed E-state index contributed by atoms with van der Waals surface area (Å²) < 4.78 is 16.9. The average molecular weight is 1030 g/mol. The van der Waals surface area contributed by atoms with E-state index in [2.05, 4.69) is 118 Å². The van der Waals surface area contributed by atoms with Gasteiger partial charge in [0.2, 0.25) is 0 Å². The Morgan fingerprint density at radius 3 is 0.892 bits per heavy atom. The summed E-state index contributed by atoms with van der Waals surface area (Å²) in [5.74, 6) is -0.896. The lowest BCUT2D eigenvalue weighted by molar-refractivity contribution is -0.167. The van der Waals surface area contributed by atoms with Gasteiger partial charge in [-0.25, -0.2) is 0 Å². The highest BCUT2D eigenvalue weighted by Gasteiger charge is 2.19. The third kappa shape index (κ3) is 59.2. The number of carbonyl (C=O) groups excluding carboxylic acids is 3. The Morgan fingerprint density at radius 2 is 0.554 bits per heavy atom. The molecule has 6 heteroatoms. The van der Waals surface area contributed by atoms with Gasteiger partial charge in [-0.3, -0.25) is 14.4 Å². The first-order valence-electron chi connectivity index (χ1n) is 31.2. The molecule has 0 amide bonds. The summed E-state index contributed by atoms with van der Waals surface area (Å²) in [6.07, 6.45) is 82.7. The van der Waals surface area contributed by atoms with E-state index in [1.165, 1.54) is 148 Å². The predicted octanol–water partition coefficient (Wildman–Crippen LogP) is 21.3. The lowest BCUT2D eigenvalue weighted by Gasteiger charge is -2.18. The molecule has 0 bridgehead atoms. The first-order valence-corrected chi connectivity index (χ1v) is 31.2. The molecular weight excluding hydrogens is 913 g/mol. The summed E-state index contributed by atoms with van der Waals surface area (Å²) in [6.45, 7) is 6.46. The van der Waals surface area contributed by atoms with Crippen LogP contribution in [0.5, 0.6) is 0 Å². The Bertz CT molecular complexity index is 1460. The van der Waals surface area contributed by atoms with Gasteiger partial charge in [-0.05, 0) is 116 Å². The molecule has 0 aliphatic rings. The van der Waals surface area contributed by atoms with Crippen molar-refractivity contribution in [3.63, 3.8) is 0 Å². The van der Waals surface area contributed by atoms with E-state index in [0.717, 1.165) is 109 Å². The van der Waals surface area contributed by atoms with Crippen LogP contribution in [-0.4, -0.2) is 37.2 Å². The van der Waals surface area contributed by atoms with E-state index < -0.39 is 6.10 Å². The van der Waals surface area contributed by atoms with Crippen molar-refractivity contribution < 1.29 is 28.6 Å². The van der Waals surface area contributed by atoms with E-state index in [1.54, 1.807) is 0 Å². The van der Waals surface area contributed by atoms with Crippen molar-refractivity contribution in [1.82, 2.24) is 0 Å². The van der Waals surface area contributed by atoms with Gasteiger partial charge in [-0.1, -0.05) is 259 Å². The van der Waals surface area contributed by atoms with Gasteiger partial charge in [-0.2, -0.15) is 0 Å². The number of carbonyl (C=O) groups is 3. The van der Waals surface area contributed by atoms with Gasteiger partial charge in [0.05, 0.1) is 0 Å². The standard InChI is InChI=1S/C68H116O6/c1-4-7-10-13-16-19-22-24-26-28-29-30-31-32-33-34-35-36-37-38-39-41-42-44-46-49-52-55-58-61-67(70)73-64-65(63-72-66(69)60-57-54-51-48-21-18-15-12-9-6-3)74-68(71)62-59-56-53-50-47-45-43-40-27-25-23-20-17-14-11-8-5-2/h7,10,12,15-16,19,24-27,29-30,32-33,35-36,65H,4-6,8-9,11,13-14,17-18,20-23,28,31,34,37-64H2,1-3H3/b10-7-,15-12-,19-16-,26-24-,27-25-,30-29-,33-32-,36-35-. The second kappa shape index (κ2) is 61.9. The third-order valence-electron chi connectivity index (χ3n) is 13.3. The van der Waals surface area contributed by atoms with Crippen molar-refractivity contribution in [3.05, 3.63) is 97.2 Å². The van der Waals surface area contributed by atoms with Crippen LogP contribution in [0, 0.1) is 0 Å². The molecule has 0 saturated heterocycles. The fourth-order valence-electron chi connectivity index (χ4n) is 8.62. The average Bonchev–Trinajstić information content (AvgIpc) is 3.40. The van der Waals surface area contributed by atoms with E-state index in [4.69, 9.17) is 14.2 Å². The molecule has 0 rings (SSSR count). The molecule has 0 aromatic rings. The maximum Gasteiger partial charge on any atom is 0.306 e. The number of esters is 3. The van der Waals surface area contributed by atoms with Crippen LogP contribution in [0.3, 0.4) is 0 Å². The molecule has 1 atom stereocenters. The Morgan fingerprint density at radius 1 is 0.284 bits per heavy atom. The first kappa shape index (κ1) is 70.3. The number of unbranched alkanes of at least 4 members (excludes halogenated alkanes) is 29. The zero-order chi connectivity index (χ0) is 53.6. The minimum atomic E-state index is -0.785. The fourth-order valence-corrected chi connectivity index (χ4v) is 8.62. The number of rotatable bonds is 56. The number of hydrogen-bond donors (Lipinski definition) is 0. The molecule has 0 radical (unpaired) electrons. The monoisotopic (exact) mass is 1030 g/mol. The molecule has 0 aromatic carbocycles. The van der Waals surface area contributed by atoms with Crippen LogP contribution in [0.25, 0.3) is 0 Å². The molecule has 6 nitrogen and oxygen atoms in total. The second-order valence-electron chi connectivity index (χ2n) is 20.6. The quantitative estimate of drug-likeness (QED) is 0.0261. The van der Waals surface area contributed by atoms with E-state index >= 15 is 0 Å².